The Morgan fingerprint density at radius 3 is 1.11 bits per heavy atom. The van der Waals surface area contributed by atoms with Gasteiger partial charge in [0.15, 0.2) is 25.5 Å². The van der Waals surface area contributed by atoms with Crippen LogP contribution in [0.1, 0.15) is 0 Å². The van der Waals surface area contributed by atoms with Gasteiger partial charge in [0.1, 0.15) is 0 Å². The van der Waals surface area contributed by atoms with Gasteiger partial charge in [0, 0.05) is 36.9 Å². The molecule has 0 aliphatic rings. The van der Waals surface area contributed by atoms with Gasteiger partial charge in [-0.15, -0.1) is 11.3 Å². The van der Waals surface area contributed by atoms with E-state index in [1.807, 2.05) is 60.7 Å². The van der Waals surface area contributed by atoms with Gasteiger partial charge in [-0.2, -0.15) is 0 Å². The lowest BCUT2D eigenvalue weighted by Crippen LogP contribution is -2.74. The molecule has 0 unspecified atom stereocenters. The minimum absolute atomic E-state index is 0.663. The topological polar surface area (TPSA) is 38.7 Å². The van der Waals surface area contributed by atoms with Crippen LogP contribution in [0.4, 0.5) is 0 Å². The third-order valence-corrected chi connectivity index (χ3v) is 17.8. The predicted octanol–water partition coefficient (Wildman–Crippen LogP) is 12.0. The summed E-state index contributed by atoms with van der Waals surface area (Å²) in [6, 6.07) is 85.3. The Labute approximate surface area is 366 Å². The molecule has 9 aromatic carbocycles. The fourth-order valence-corrected chi connectivity index (χ4v) is 14.7. The van der Waals surface area contributed by atoms with Crippen LogP contribution >= 0.6 is 11.3 Å². The number of thiophene rings is 1. The molecule has 0 bridgehead atoms. The second kappa shape index (κ2) is 16.1. The molecule has 0 spiro atoms. The first-order valence-corrected chi connectivity index (χ1v) is 23.7. The van der Waals surface area contributed by atoms with E-state index in [1.54, 1.807) is 11.3 Å². The van der Waals surface area contributed by atoms with Crippen LogP contribution in [0.2, 0.25) is 0 Å². The summed E-state index contributed by atoms with van der Waals surface area (Å²) in [4.78, 5) is 14.8. The van der Waals surface area contributed by atoms with E-state index in [4.69, 9.17) is 15.0 Å². The quantitative estimate of drug-likeness (QED) is 0.107. The standard InChI is InChI=1S/C57H39N3SSi/c1-6-16-43(17-7-1)55-58-56(44-18-8-2-9-19-44)60-57(59-55)46-32-36-51-52-38-45(33-37-53(52)61-54(51)39-46)42-28-26-40(27-29-42)41-30-34-50(35-31-41)62(47-20-10-3-11-21-47,48-22-12-4-13-23-48)49-24-14-5-15-25-49/h1-39H. The van der Waals surface area contributed by atoms with Crippen molar-refractivity contribution in [1.29, 1.82) is 0 Å². The molecule has 0 saturated carbocycles. The molecule has 11 rings (SSSR count). The van der Waals surface area contributed by atoms with E-state index in [0.717, 1.165) is 16.7 Å². The highest BCUT2D eigenvalue weighted by Gasteiger charge is 2.41. The number of rotatable bonds is 9. The van der Waals surface area contributed by atoms with Crippen molar-refractivity contribution in [2.45, 2.75) is 0 Å². The van der Waals surface area contributed by atoms with Gasteiger partial charge in [-0.25, -0.2) is 15.0 Å². The Bertz CT molecular complexity index is 3150. The molecular weight excluding hydrogens is 787 g/mol. The second-order valence-corrected chi connectivity index (χ2v) is 20.5. The lowest BCUT2D eigenvalue weighted by atomic mass is 9.99. The average Bonchev–Trinajstić information content (AvgIpc) is 3.73. The summed E-state index contributed by atoms with van der Waals surface area (Å²) in [5.41, 5.74) is 7.69. The highest BCUT2D eigenvalue weighted by Crippen LogP contribution is 2.39. The summed E-state index contributed by atoms with van der Waals surface area (Å²) in [5.74, 6) is 1.99. The zero-order valence-electron chi connectivity index (χ0n) is 33.8. The molecule has 0 aliphatic carbocycles. The molecule has 0 atom stereocenters. The summed E-state index contributed by atoms with van der Waals surface area (Å²) < 4.78 is 2.46. The summed E-state index contributed by atoms with van der Waals surface area (Å²) in [5, 5.41) is 7.98. The SMILES string of the molecule is c1ccc(-c2nc(-c3ccccc3)nc(-c3ccc4c(c3)sc3ccc(-c5ccc(-c6ccc([Si](c7ccccc7)(c7ccccc7)c7ccccc7)cc6)cc5)cc34)n2)cc1. The number of nitrogens with zero attached hydrogens (tertiary/aromatic N) is 3. The van der Waals surface area contributed by atoms with Crippen molar-refractivity contribution in [2.75, 3.05) is 0 Å². The van der Waals surface area contributed by atoms with E-state index in [0.29, 0.717) is 17.5 Å². The van der Waals surface area contributed by atoms with Crippen molar-refractivity contribution >= 4 is 60.3 Å². The van der Waals surface area contributed by atoms with Crippen molar-refractivity contribution in [3.63, 3.8) is 0 Å². The highest BCUT2D eigenvalue weighted by atomic mass is 32.1. The average molecular weight is 826 g/mol. The zero-order chi connectivity index (χ0) is 41.3. The molecule has 0 aliphatic heterocycles. The predicted molar refractivity (Wildman–Crippen MR) is 264 cm³/mol. The smallest absolute Gasteiger partial charge is 0.179 e. The minimum Gasteiger partial charge on any atom is -0.208 e. The first-order valence-electron chi connectivity index (χ1n) is 20.9. The molecule has 2 aromatic heterocycles. The molecule has 11 aromatic rings. The van der Waals surface area contributed by atoms with Gasteiger partial charge in [-0.1, -0.05) is 218 Å². The van der Waals surface area contributed by atoms with Crippen LogP contribution in [0.25, 0.3) is 76.6 Å². The molecule has 0 radical (unpaired) electrons. The highest BCUT2D eigenvalue weighted by molar-refractivity contribution is 7.25. The molecule has 292 valence electrons. The van der Waals surface area contributed by atoms with Gasteiger partial charge in [0.05, 0.1) is 0 Å². The summed E-state index contributed by atoms with van der Waals surface area (Å²) >= 11 is 1.81. The first-order chi connectivity index (χ1) is 30.7. The summed E-state index contributed by atoms with van der Waals surface area (Å²) in [6.07, 6.45) is 0. The zero-order valence-corrected chi connectivity index (χ0v) is 35.6. The Balaban J connectivity index is 0.910. The molecule has 0 amide bonds. The van der Waals surface area contributed by atoms with E-state index in [-0.39, 0.29) is 0 Å². The number of hydrogen-bond donors (Lipinski definition) is 0. The van der Waals surface area contributed by atoms with Crippen LogP contribution in [0.5, 0.6) is 0 Å². The molecule has 5 heteroatoms. The largest absolute Gasteiger partial charge is 0.208 e. The van der Waals surface area contributed by atoms with Crippen LogP contribution < -0.4 is 20.7 Å². The van der Waals surface area contributed by atoms with Crippen LogP contribution in [0.3, 0.4) is 0 Å². The van der Waals surface area contributed by atoms with Crippen molar-refractivity contribution in [1.82, 2.24) is 15.0 Å². The lowest BCUT2D eigenvalue weighted by molar-refractivity contribution is 1.07. The van der Waals surface area contributed by atoms with Gasteiger partial charge in [-0.05, 0) is 61.2 Å². The molecule has 2 heterocycles. The Morgan fingerprint density at radius 1 is 0.258 bits per heavy atom. The Kier molecular flexibility index (Phi) is 9.73. The maximum atomic E-state index is 4.98. The summed E-state index contributed by atoms with van der Waals surface area (Å²) in [6.45, 7) is 0. The molecule has 0 saturated heterocycles. The normalized spacial score (nSPS) is 11.5. The summed E-state index contributed by atoms with van der Waals surface area (Å²) in [7, 11) is -2.57. The molecule has 3 nitrogen and oxygen atoms in total. The van der Waals surface area contributed by atoms with E-state index in [2.05, 4.69) is 176 Å². The Hall–Kier alpha value is -7.57. The van der Waals surface area contributed by atoms with Crippen molar-refractivity contribution in [2.24, 2.45) is 0 Å². The van der Waals surface area contributed by atoms with E-state index in [1.165, 1.54) is 63.2 Å². The number of fused-ring (bicyclic) bond motifs is 3. The third kappa shape index (κ3) is 6.84. The van der Waals surface area contributed by atoms with Crippen LogP contribution in [0, 0.1) is 0 Å². The van der Waals surface area contributed by atoms with E-state index >= 15 is 0 Å². The van der Waals surface area contributed by atoms with Crippen LogP contribution in [0.15, 0.2) is 237 Å². The van der Waals surface area contributed by atoms with Gasteiger partial charge in [0.2, 0.25) is 0 Å². The van der Waals surface area contributed by atoms with Gasteiger partial charge in [0.25, 0.3) is 0 Å². The number of benzene rings is 9. The monoisotopic (exact) mass is 825 g/mol. The minimum atomic E-state index is -2.57. The molecular formula is C57H39N3SSi. The third-order valence-electron chi connectivity index (χ3n) is 11.9. The fraction of sp³-hybridized carbons (Fsp3) is 0. The van der Waals surface area contributed by atoms with E-state index < -0.39 is 8.07 Å². The maximum Gasteiger partial charge on any atom is 0.179 e. The van der Waals surface area contributed by atoms with Crippen molar-refractivity contribution in [3.8, 4) is 56.4 Å². The van der Waals surface area contributed by atoms with Gasteiger partial charge < -0.3 is 0 Å². The Morgan fingerprint density at radius 2 is 0.629 bits per heavy atom. The van der Waals surface area contributed by atoms with Gasteiger partial charge >= 0.3 is 0 Å². The number of hydrogen-bond acceptors (Lipinski definition) is 4. The van der Waals surface area contributed by atoms with Crippen molar-refractivity contribution < 1.29 is 0 Å². The maximum absolute atomic E-state index is 4.98. The number of aromatic nitrogens is 3. The lowest BCUT2D eigenvalue weighted by Gasteiger charge is -2.34. The molecule has 0 fully saturated rings. The van der Waals surface area contributed by atoms with Crippen molar-refractivity contribution in [3.05, 3.63) is 237 Å². The fourth-order valence-electron chi connectivity index (χ4n) is 8.87. The van der Waals surface area contributed by atoms with E-state index in [9.17, 15) is 0 Å². The molecule has 0 N–H and O–H groups in total. The van der Waals surface area contributed by atoms with Crippen LogP contribution in [-0.2, 0) is 0 Å². The molecule has 62 heavy (non-hydrogen) atoms. The van der Waals surface area contributed by atoms with Gasteiger partial charge in [-0.3, -0.25) is 0 Å². The van der Waals surface area contributed by atoms with Crippen LogP contribution in [-0.4, -0.2) is 23.0 Å². The first kappa shape index (κ1) is 37.4. The second-order valence-electron chi connectivity index (χ2n) is 15.6.